The molecule has 0 atom stereocenters. The molecule has 6 aromatic heterocycles. The zero-order chi connectivity index (χ0) is 103. The van der Waals surface area contributed by atoms with Crippen LogP contribution in [-0.2, 0) is 265 Å². The van der Waals surface area contributed by atoms with Crippen molar-refractivity contribution in [3.05, 3.63) is 271 Å². The molecule has 2 N–H and O–H groups in total. The van der Waals surface area contributed by atoms with Gasteiger partial charge in [0.2, 0.25) is 5.75 Å². The van der Waals surface area contributed by atoms with E-state index in [0.29, 0.717) is 41.2 Å². The van der Waals surface area contributed by atoms with Gasteiger partial charge in [-0.15, -0.1) is 30.6 Å². The Bertz CT molecular complexity index is 8130. The molecule has 19 rings (SSSR count). The number of nitrogens with one attached hydrogen (secondary N) is 2. The van der Waals surface area contributed by atoms with Crippen molar-refractivity contribution in [3.63, 3.8) is 0 Å². The average molecular weight is 2570 g/mol. The summed E-state index contributed by atoms with van der Waals surface area (Å²) in [5.41, 5.74) is 19.7. The number of piperazine rings is 3. The number of aromatic nitrogens is 12. The summed E-state index contributed by atoms with van der Waals surface area (Å²) >= 11 is 25.4. The number of anilines is 2. The van der Waals surface area contributed by atoms with Gasteiger partial charge in [0.25, 0.3) is 6.47 Å². The van der Waals surface area contributed by atoms with Crippen molar-refractivity contribution in [2.24, 2.45) is 0 Å². The predicted molar refractivity (Wildman–Crippen MR) is 659 cm³/mol. The first-order valence-corrected chi connectivity index (χ1v) is 75.3. The lowest BCUT2D eigenvalue weighted by molar-refractivity contribution is -0.385. The van der Waals surface area contributed by atoms with Gasteiger partial charge in [-0.1, -0.05) is 112 Å². The number of hydrogen-bond acceptors (Lipinski definition) is 22. The van der Waals surface area contributed by atoms with Gasteiger partial charge in [0, 0.05) is 397 Å². The largest absolute Gasteiger partial charge is 0.444 e. The number of halogens is 2. The highest BCUT2D eigenvalue weighted by Crippen LogP contribution is 2.41. The maximum absolute atomic E-state index is 12.5. The van der Waals surface area contributed by atoms with Crippen LogP contribution in [0.15, 0.2) is 210 Å². The van der Waals surface area contributed by atoms with Crippen LogP contribution in [0.4, 0.5) is 43.7 Å². The Morgan fingerprint density at radius 3 is 1.06 bits per heavy atom. The fourth-order valence-electron chi connectivity index (χ4n) is 15.2. The molecule has 0 aliphatic carbocycles. The maximum Gasteiger partial charge on any atom is 0.410 e. The molecule has 12 heterocycles. The van der Waals surface area contributed by atoms with E-state index in [1.807, 2.05) is 130 Å². The summed E-state index contributed by atoms with van der Waals surface area (Å²) in [7, 11) is 34.4. The van der Waals surface area contributed by atoms with E-state index in [0.717, 1.165) is 174 Å². The normalized spacial score (nSPS) is 12.7. The van der Waals surface area contributed by atoms with Crippen molar-refractivity contribution in [2.75, 3.05) is 88.3 Å². The molecule has 0 bridgehead atoms. The Morgan fingerprint density at radius 1 is 0.415 bits per heavy atom. The Hall–Kier alpha value is -8.34. The van der Waals surface area contributed by atoms with Crippen molar-refractivity contribution in [1.82, 2.24) is 78.4 Å². The van der Waals surface area contributed by atoms with E-state index in [-0.39, 0.29) is 43.1 Å². The van der Waals surface area contributed by atoms with E-state index in [1.165, 1.54) is 76.1 Å². The molecule has 3 saturated heterocycles. The number of ether oxygens (including phenoxy) is 3. The van der Waals surface area contributed by atoms with E-state index in [2.05, 4.69) is 228 Å². The second-order valence-electron chi connectivity index (χ2n) is 32.6. The molecule has 57 heteroatoms. The summed E-state index contributed by atoms with van der Waals surface area (Å²) in [5, 5.41) is 42.8. The summed E-state index contributed by atoms with van der Waals surface area (Å²) in [6.07, 6.45) is 11.3. The summed E-state index contributed by atoms with van der Waals surface area (Å²) in [4.78, 5) is 62.5. The van der Waals surface area contributed by atoms with Gasteiger partial charge in [-0.3, -0.25) is 28.6 Å². The standard InChI is InChI=1S/C29H29N7O2.C24H21N7.C20H12BrN5.C9H18N2O2.C7H4BrNO4.CH4.S13.S12/c1-29(2,3)38-28(37)34-13-11-33(12-14-34)24-9-10-25-22(15-24)18-35-17-21(20-5-7-23(30-4)8-6-20)16-26(35)27-32-31-19-36(25)27;1-25-20-4-2-17(3-5-20)18-13-23-24-28-27-16-31(24)22-7-6-21(29-10-8-26-9-11-29)12-19(22)15-30(23)14-18;1-22-17-5-2-13(3-6-17)14-9-19-20-24-23-12-26(20)18-7-4-16(21)8-15(18)11-25(19)10-14;1-9(2,3)13-8(12)11-6-4-10-5-7-11;8-5-1-2-6(9(11)12)7(3-5)13-4-10;;1-3-5-7-9-11-13-12-10-8-6-4-2;1-3-5-7-9-11-12-10-8-6-4-2/h5-10,15-17,19H,11-14,18H2,1-3H3;2-7,12-14,16,26H,8-11,15H2;2-10,12H,11H2;10H,4-7H2,1-3H3;1-4H;1H4;;. The van der Waals surface area contributed by atoms with Crippen LogP contribution < -0.4 is 25.2 Å². The van der Waals surface area contributed by atoms with Gasteiger partial charge in [-0.05, 0) is 154 Å². The van der Waals surface area contributed by atoms with Crippen LogP contribution in [0.2, 0.25) is 0 Å². The van der Waals surface area contributed by atoms with Gasteiger partial charge in [0.1, 0.15) is 30.2 Å². The van der Waals surface area contributed by atoms with Crippen LogP contribution >= 0.6 is 31.9 Å². The second kappa shape index (κ2) is 59.6. The van der Waals surface area contributed by atoms with Gasteiger partial charge in [-0.25, -0.2) is 24.1 Å². The van der Waals surface area contributed by atoms with Crippen molar-refractivity contribution >= 4 is 316 Å². The molecule has 0 spiro atoms. The number of nitrogens with zero attached hydrogens (tertiary/aromatic N) is 20. The zero-order valence-electron chi connectivity index (χ0n) is 77.4. The van der Waals surface area contributed by atoms with Crippen LogP contribution in [-0.4, -0.2) is 181 Å². The lowest BCUT2D eigenvalue weighted by atomic mass is 10.1. The third-order valence-electron chi connectivity index (χ3n) is 21.3. The molecule has 770 valence electrons. The molecule has 0 saturated carbocycles. The van der Waals surface area contributed by atoms with Gasteiger partial charge in [-0.2, -0.15) is 0 Å². The van der Waals surface area contributed by atoms with Gasteiger partial charge in [0.15, 0.2) is 34.5 Å². The fraction of sp³-hybridized carbons (Fsp3) is 0.267. The van der Waals surface area contributed by atoms with E-state index in [9.17, 15) is 24.5 Å². The molecular weight excluding hydrogens is 2480 g/mol. The molecule has 0 radical (unpaired) electrons. The van der Waals surface area contributed by atoms with E-state index in [1.54, 1.807) is 180 Å². The summed E-state index contributed by atoms with van der Waals surface area (Å²) in [5.74, 6) is 2.40. The second-order valence-corrected chi connectivity index (χ2v) is 71.6. The minimum atomic E-state index is -0.620. The molecule has 13 aromatic rings. The average Bonchev–Trinajstić information content (AvgIpc) is 1.61. The van der Waals surface area contributed by atoms with Crippen LogP contribution in [0.3, 0.4) is 0 Å². The first-order valence-electron chi connectivity index (χ1n) is 43.0. The smallest absolute Gasteiger partial charge is 0.410 e. The number of fused-ring (bicyclic) bond motifs is 15. The molecule has 6 aliphatic heterocycles. The topological polar surface area (TPSA) is 279 Å². The fourth-order valence-corrected chi connectivity index (χ4v) is 62.6. The number of rotatable bonds is 8. The molecule has 147 heavy (non-hydrogen) atoms. The zero-order valence-corrected chi connectivity index (χ0v) is 101. The van der Waals surface area contributed by atoms with Gasteiger partial charge < -0.3 is 58.1 Å². The van der Waals surface area contributed by atoms with Gasteiger partial charge >= 0.3 is 17.9 Å². The predicted octanol–water partition coefficient (Wildman–Crippen LogP) is 17.5. The lowest BCUT2D eigenvalue weighted by Gasteiger charge is -2.37. The molecule has 6 aliphatic rings. The van der Waals surface area contributed by atoms with Gasteiger partial charge in [0.05, 0.1) is 58.8 Å². The minimum absolute atomic E-state index is 0. The number of amides is 2. The Balaban J connectivity index is 0.000000160. The van der Waals surface area contributed by atoms with Crippen molar-refractivity contribution in [2.45, 2.75) is 79.8 Å². The summed E-state index contributed by atoms with van der Waals surface area (Å²) in [6, 6.07) is 53.1. The SMILES string of the molecule is C.CC(C)(C)OC(=O)N1CCNCC1.O=COc1cc(Br)ccc1[N+](=O)[O-].S=S=S=S=S=S=S=S=S=S=S=S.S=S=S=S=S=S=S=S=S=S=S=S=S.[C-]#[N+]c1ccc(-c2cc3n(c2)Cc2cc(Br)ccc2-n2cnnc2-3)cc1.[C-]#[N+]c1ccc(-c2cc3n(c2)Cc2cc(N4CCN(C(=O)OC(C)(C)C)CC4)ccc2-n2cnnc2-3)cc1.[C-]#[N+]c1ccc(-c2cc3n(c2)Cc2cc(N4CCNCC4)ccc2-n2cnnc2-3)cc1. The molecule has 2 amide bonds. The van der Waals surface area contributed by atoms with E-state index < -0.39 is 10.5 Å². The number of carbonyl (C=O) groups is 3. The number of carbonyl (C=O) groups excluding carboxylic acids is 3. The molecule has 30 nitrogen and oxygen atoms in total. The molecule has 7 aromatic carbocycles. The Morgan fingerprint density at radius 2 is 0.728 bits per heavy atom. The first kappa shape index (κ1) is 117. The lowest BCUT2D eigenvalue weighted by Crippen LogP contribution is -2.50. The van der Waals surface area contributed by atoms with Crippen molar-refractivity contribution < 1.29 is 33.5 Å². The number of hydrogen-bond donors (Lipinski definition) is 2. The van der Waals surface area contributed by atoms with Crippen LogP contribution in [0.5, 0.6) is 5.75 Å². The molecule has 0 unspecified atom stereocenters. The number of nitro groups is 1. The van der Waals surface area contributed by atoms with E-state index >= 15 is 0 Å². The maximum atomic E-state index is 12.5. The highest BCUT2D eigenvalue weighted by atomic mass is 79.9. The molecular formula is C90H88Br2N22O8S25. The molecule has 3 fully saturated rings. The number of nitro benzene ring substituents is 1. The van der Waals surface area contributed by atoms with Crippen LogP contribution in [0, 0.1) is 29.8 Å². The Labute approximate surface area is 946 Å². The number of benzene rings is 7. The van der Waals surface area contributed by atoms with E-state index in [4.69, 9.17) is 51.6 Å². The first-order chi connectivity index (χ1) is 70.8. The summed E-state index contributed by atoms with van der Waals surface area (Å²) < 4.78 is 29.7. The monoisotopic (exact) mass is 2560 g/mol. The third kappa shape index (κ3) is 34.3. The van der Waals surface area contributed by atoms with Crippen LogP contribution in [0.1, 0.15) is 65.7 Å². The van der Waals surface area contributed by atoms with Crippen molar-refractivity contribution in [3.8, 4) is 90.7 Å². The van der Waals surface area contributed by atoms with Crippen LogP contribution in [0.25, 0.3) is 99.5 Å². The minimum Gasteiger partial charge on any atom is -0.444 e. The highest BCUT2D eigenvalue weighted by Gasteiger charge is 2.31. The third-order valence-corrected chi connectivity index (χ3v) is 64.6. The Kier molecular flexibility index (Phi) is 47.6. The quantitative estimate of drug-likeness (QED) is 0.0619. The van der Waals surface area contributed by atoms with Crippen molar-refractivity contribution in [1.29, 1.82) is 0 Å². The highest BCUT2D eigenvalue weighted by molar-refractivity contribution is 9.10. The summed E-state index contributed by atoms with van der Waals surface area (Å²) in [6.45, 7) is 45.2.